The van der Waals surface area contributed by atoms with E-state index in [1.54, 1.807) is 0 Å². The van der Waals surface area contributed by atoms with Gasteiger partial charge in [-0.15, -0.1) is 6.58 Å². The Morgan fingerprint density at radius 2 is 2.23 bits per heavy atom. The third-order valence-electron chi connectivity index (χ3n) is 4.13. The molecular formula is C12H22O. The van der Waals surface area contributed by atoms with E-state index in [-0.39, 0.29) is 5.41 Å². The van der Waals surface area contributed by atoms with Gasteiger partial charge in [0.15, 0.2) is 0 Å². The van der Waals surface area contributed by atoms with Crippen molar-refractivity contribution in [3.05, 3.63) is 12.7 Å². The van der Waals surface area contributed by atoms with Gasteiger partial charge in [-0.25, -0.2) is 0 Å². The first-order chi connectivity index (χ1) is 6.00. The highest BCUT2D eigenvalue weighted by Gasteiger charge is 2.49. The number of aliphatic hydroxyl groups is 1. The summed E-state index contributed by atoms with van der Waals surface area (Å²) in [6, 6.07) is 0. The van der Waals surface area contributed by atoms with Gasteiger partial charge in [0.05, 0.1) is 5.60 Å². The van der Waals surface area contributed by atoms with Gasteiger partial charge in [0, 0.05) is 5.41 Å². The smallest absolute Gasteiger partial charge is 0.0757 e. The van der Waals surface area contributed by atoms with Gasteiger partial charge < -0.3 is 5.11 Å². The van der Waals surface area contributed by atoms with Crippen LogP contribution in [0.25, 0.3) is 0 Å². The second-order valence-corrected chi connectivity index (χ2v) is 4.69. The third-order valence-corrected chi connectivity index (χ3v) is 4.13. The van der Waals surface area contributed by atoms with E-state index < -0.39 is 5.60 Å². The largest absolute Gasteiger partial charge is 0.389 e. The van der Waals surface area contributed by atoms with Gasteiger partial charge in [-0.1, -0.05) is 33.3 Å². The quantitative estimate of drug-likeness (QED) is 0.650. The summed E-state index contributed by atoms with van der Waals surface area (Å²) in [4.78, 5) is 0. The van der Waals surface area contributed by atoms with Crippen LogP contribution in [0.2, 0.25) is 0 Å². The fraction of sp³-hybridized carbons (Fsp3) is 0.833. The van der Waals surface area contributed by atoms with Gasteiger partial charge >= 0.3 is 0 Å². The van der Waals surface area contributed by atoms with Crippen molar-refractivity contribution in [1.29, 1.82) is 0 Å². The summed E-state index contributed by atoms with van der Waals surface area (Å²) in [5, 5.41) is 10.6. The van der Waals surface area contributed by atoms with Crippen molar-refractivity contribution in [2.24, 2.45) is 11.3 Å². The van der Waals surface area contributed by atoms with Crippen molar-refractivity contribution >= 4 is 0 Å². The molecule has 1 nitrogen and oxygen atoms in total. The molecule has 0 heterocycles. The molecule has 0 aromatic carbocycles. The van der Waals surface area contributed by atoms with Crippen molar-refractivity contribution < 1.29 is 5.11 Å². The molecule has 1 fully saturated rings. The van der Waals surface area contributed by atoms with E-state index in [4.69, 9.17) is 0 Å². The normalized spacial score (nSPS) is 46.0. The molecule has 13 heavy (non-hydrogen) atoms. The molecule has 0 aliphatic heterocycles. The monoisotopic (exact) mass is 182 g/mol. The predicted octanol–water partition coefficient (Wildman–Crippen LogP) is 3.14. The van der Waals surface area contributed by atoms with Crippen LogP contribution < -0.4 is 0 Å². The first-order valence-corrected chi connectivity index (χ1v) is 5.36. The van der Waals surface area contributed by atoms with Crippen LogP contribution in [0, 0.1) is 11.3 Å². The lowest BCUT2D eigenvalue weighted by atomic mass is 9.59. The average molecular weight is 182 g/mol. The summed E-state index contributed by atoms with van der Waals surface area (Å²) in [7, 11) is 0. The van der Waals surface area contributed by atoms with E-state index in [0.29, 0.717) is 5.92 Å². The Labute approximate surface area is 81.9 Å². The van der Waals surface area contributed by atoms with E-state index in [9.17, 15) is 5.11 Å². The molecule has 0 spiro atoms. The highest BCUT2D eigenvalue weighted by Crippen LogP contribution is 2.49. The Kier molecular flexibility index (Phi) is 2.86. The van der Waals surface area contributed by atoms with E-state index in [1.165, 1.54) is 6.42 Å². The Morgan fingerprint density at radius 3 is 2.62 bits per heavy atom. The van der Waals surface area contributed by atoms with Gasteiger partial charge in [0.2, 0.25) is 0 Å². The first-order valence-electron chi connectivity index (χ1n) is 5.36. The average Bonchev–Trinajstić information content (AvgIpc) is 2.14. The summed E-state index contributed by atoms with van der Waals surface area (Å²) < 4.78 is 0. The lowest BCUT2D eigenvalue weighted by Crippen LogP contribution is -2.52. The summed E-state index contributed by atoms with van der Waals surface area (Å²) in [5.74, 6) is 0.397. The molecule has 0 aromatic rings. The summed E-state index contributed by atoms with van der Waals surface area (Å²) in [5.41, 5.74) is -0.619. The van der Waals surface area contributed by atoms with E-state index in [1.807, 2.05) is 6.08 Å². The summed E-state index contributed by atoms with van der Waals surface area (Å²) in [6.45, 7) is 10.2. The molecule has 0 radical (unpaired) electrons. The molecule has 0 bridgehead atoms. The fourth-order valence-electron chi connectivity index (χ4n) is 2.82. The zero-order valence-electron chi connectivity index (χ0n) is 9.14. The zero-order chi connectivity index (χ0) is 10.1. The maximum Gasteiger partial charge on any atom is 0.0757 e. The van der Waals surface area contributed by atoms with Crippen molar-refractivity contribution in [3.63, 3.8) is 0 Å². The van der Waals surface area contributed by atoms with E-state index >= 15 is 0 Å². The van der Waals surface area contributed by atoms with Crippen LogP contribution >= 0.6 is 0 Å². The molecule has 0 unspecified atom stereocenters. The van der Waals surface area contributed by atoms with Gasteiger partial charge in [-0.05, 0) is 25.2 Å². The molecule has 0 aromatic heterocycles. The minimum Gasteiger partial charge on any atom is -0.389 e. The van der Waals surface area contributed by atoms with Gasteiger partial charge in [0.25, 0.3) is 0 Å². The first kappa shape index (κ1) is 10.8. The fourth-order valence-corrected chi connectivity index (χ4v) is 2.82. The molecule has 0 saturated heterocycles. The van der Waals surface area contributed by atoms with Crippen LogP contribution in [0.1, 0.15) is 46.5 Å². The van der Waals surface area contributed by atoms with Crippen molar-refractivity contribution in [2.45, 2.75) is 52.1 Å². The maximum atomic E-state index is 10.6. The molecule has 1 aliphatic rings. The van der Waals surface area contributed by atoms with Crippen LogP contribution in [-0.4, -0.2) is 10.7 Å². The van der Waals surface area contributed by atoms with Crippen LogP contribution in [0.3, 0.4) is 0 Å². The van der Waals surface area contributed by atoms with E-state index in [0.717, 1.165) is 19.3 Å². The highest BCUT2D eigenvalue weighted by molar-refractivity contribution is 5.09. The molecule has 76 valence electrons. The minimum atomic E-state index is -0.535. The van der Waals surface area contributed by atoms with Gasteiger partial charge in [-0.3, -0.25) is 0 Å². The molecule has 3 atom stereocenters. The highest BCUT2D eigenvalue weighted by atomic mass is 16.3. The Bertz CT molecular complexity index is 199. The predicted molar refractivity (Wildman–Crippen MR) is 56.6 cm³/mol. The SMILES string of the molecule is C=C[C@@]1(C)CCC[C@@H](C)[C@@]1(O)CC. The number of hydrogen-bond donors (Lipinski definition) is 1. The van der Waals surface area contributed by atoms with Gasteiger partial charge in [0.1, 0.15) is 0 Å². The van der Waals surface area contributed by atoms with Crippen molar-refractivity contribution in [1.82, 2.24) is 0 Å². The Morgan fingerprint density at radius 1 is 1.62 bits per heavy atom. The summed E-state index contributed by atoms with van der Waals surface area (Å²) in [6.07, 6.45) is 6.22. The minimum absolute atomic E-state index is 0.0839. The molecule has 1 aliphatic carbocycles. The molecule has 1 N–H and O–H groups in total. The lowest BCUT2D eigenvalue weighted by molar-refractivity contribution is -0.121. The second kappa shape index (κ2) is 3.45. The zero-order valence-corrected chi connectivity index (χ0v) is 9.14. The molecule has 1 heteroatoms. The molecular weight excluding hydrogens is 160 g/mol. The molecule has 0 amide bonds. The Hall–Kier alpha value is -0.300. The van der Waals surface area contributed by atoms with Crippen LogP contribution in [0.15, 0.2) is 12.7 Å². The summed E-state index contributed by atoms with van der Waals surface area (Å²) >= 11 is 0. The number of rotatable bonds is 2. The maximum absolute atomic E-state index is 10.6. The lowest BCUT2D eigenvalue weighted by Gasteiger charge is -2.50. The van der Waals surface area contributed by atoms with Crippen LogP contribution in [0.5, 0.6) is 0 Å². The van der Waals surface area contributed by atoms with Gasteiger partial charge in [-0.2, -0.15) is 0 Å². The second-order valence-electron chi connectivity index (χ2n) is 4.69. The Balaban J connectivity index is 2.99. The van der Waals surface area contributed by atoms with E-state index in [2.05, 4.69) is 27.4 Å². The topological polar surface area (TPSA) is 20.2 Å². The third kappa shape index (κ3) is 1.43. The van der Waals surface area contributed by atoms with Crippen molar-refractivity contribution in [3.8, 4) is 0 Å². The number of hydrogen-bond acceptors (Lipinski definition) is 1. The van der Waals surface area contributed by atoms with Crippen LogP contribution in [0.4, 0.5) is 0 Å². The van der Waals surface area contributed by atoms with Crippen LogP contribution in [-0.2, 0) is 0 Å². The molecule has 1 saturated carbocycles. The molecule has 1 rings (SSSR count). The van der Waals surface area contributed by atoms with Crippen molar-refractivity contribution in [2.75, 3.05) is 0 Å². The standard InChI is InChI=1S/C12H22O/c1-5-11(4)9-7-8-10(3)12(11,13)6-2/h5,10,13H,1,6-9H2,2-4H3/t10-,11+,12+/m1/s1.